The van der Waals surface area contributed by atoms with Gasteiger partial charge in [0, 0.05) is 23.2 Å². The van der Waals surface area contributed by atoms with Gasteiger partial charge in [0.15, 0.2) is 12.0 Å². The van der Waals surface area contributed by atoms with Crippen molar-refractivity contribution in [2.24, 2.45) is 0 Å². The summed E-state index contributed by atoms with van der Waals surface area (Å²) in [5.41, 5.74) is 3.72. The van der Waals surface area contributed by atoms with Crippen LogP contribution in [0.3, 0.4) is 0 Å². The predicted molar refractivity (Wildman–Crippen MR) is 159 cm³/mol. The average Bonchev–Trinajstić information content (AvgIpc) is 3.37. The van der Waals surface area contributed by atoms with Crippen LogP contribution in [0.25, 0.3) is 33.2 Å². The topological polar surface area (TPSA) is 86.7 Å². The molecule has 0 radical (unpaired) electrons. The second-order valence-corrected chi connectivity index (χ2v) is 9.89. The van der Waals surface area contributed by atoms with Gasteiger partial charge in [-0.15, -0.1) is 0 Å². The first-order chi connectivity index (χ1) is 20.6. The fourth-order valence-electron chi connectivity index (χ4n) is 5.91. The van der Waals surface area contributed by atoms with E-state index in [2.05, 4.69) is 50.9 Å². The van der Waals surface area contributed by atoms with Crippen molar-refractivity contribution in [3.63, 3.8) is 0 Å². The third-order valence-corrected chi connectivity index (χ3v) is 7.61. The van der Waals surface area contributed by atoms with Crippen molar-refractivity contribution >= 4 is 27.8 Å². The van der Waals surface area contributed by atoms with Gasteiger partial charge in [-0.2, -0.15) is 0 Å². The van der Waals surface area contributed by atoms with Crippen molar-refractivity contribution in [2.45, 2.75) is 5.54 Å². The molecule has 0 spiro atoms. The SMILES string of the molecule is O=[N+]([O-])c1ncc(F)cc1-c1ccc2c3cnccc3n(C(c3ccccc3)(c3ccccc3)c3ccccc3)c2n1. The van der Waals surface area contributed by atoms with Crippen molar-refractivity contribution in [1.82, 2.24) is 19.5 Å². The van der Waals surface area contributed by atoms with Crippen LogP contribution in [0.2, 0.25) is 0 Å². The van der Waals surface area contributed by atoms with Gasteiger partial charge in [0.1, 0.15) is 16.7 Å². The van der Waals surface area contributed by atoms with Crippen LogP contribution in [0.15, 0.2) is 134 Å². The molecule has 0 aliphatic heterocycles. The molecular formula is C34H22FN5O2. The molecule has 0 aliphatic rings. The number of pyridine rings is 3. The molecule has 0 atom stereocenters. The number of aromatic nitrogens is 4. The fourth-order valence-corrected chi connectivity index (χ4v) is 5.91. The predicted octanol–water partition coefficient (Wildman–Crippen LogP) is 7.53. The second-order valence-electron chi connectivity index (χ2n) is 9.89. The minimum Gasteiger partial charge on any atom is -0.358 e. The van der Waals surface area contributed by atoms with Gasteiger partial charge >= 0.3 is 5.82 Å². The average molecular weight is 552 g/mol. The molecule has 8 heteroatoms. The summed E-state index contributed by atoms with van der Waals surface area (Å²) >= 11 is 0. The summed E-state index contributed by atoms with van der Waals surface area (Å²) in [4.78, 5) is 24.5. The van der Waals surface area contributed by atoms with E-state index in [4.69, 9.17) is 4.98 Å². The Kier molecular flexibility index (Phi) is 6.01. The Morgan fingerprint density at radius 1 is 0.738 bits per heavy atom. The van der Waals surface area contributed by atoms with Crippen LogP contribution in [0.1, 0.15) is 16.7 Å². The molecule has 0 aliphatic carbocycles. The van der Waals surface area contributed by atoms with Crippen molar-refractivity contribution in [3.05, 3.63) is 166 Å². The number of hydrogen-bond acceptors (Lipinski definition) is 5. The van der Waals surface area contributed by atoms with E-state index in [-0.39, 0.29) is 11.3 Å². The summed E-state index contributed by atoms with van der Waals surface area (Å²) in [7, 11) is 0. The molecule has 0 bridgehead atoms. The van der Waals surface area contributed by atoms with E-state index < -0.39 is 22.1 Å². The molecule has 3 aromatic carbocycles. The maximum Gasteiger partial charge on any atom is 0.373 e. The number of benzene rings is 3. The maximum absolute atomic E-state index is 14.4. The zero-order valence-corrected chi connectivity index (χ0v) is 22.1. The number of nitro groups is 1. The van der Waals surface area contributed by atoms with Crippen molar-refractivity contribution in [3.8, 4) is 11.3 Å². The molecule has 0 saturated carbocycles. The van der Waals surface area contributed by atoms with E-state index in [1.807, 2.05) is 66.7 Å². The van der Waals surface area contributed by atoms with Crippen LogP contribution in [-0.4, -0.2) is 24.4 Å². The summed E-state index contributed by atoms with van der Waals surface area (Å²) in [6, 6.07) is 37.1. The largest absolute Gasteiger partial charge is 0.373 e. The lowest BCUT2D eigenvalue weighted by Crippen LogP contribution is -2.37. The van der Waals surface area contributed by atoms with Crippen LogP contribution < -0.4 is 0 Å². The van der Waals surface area contributed by atoms with Crippen LogP contribution in [-0.2, 0) is 5.54 Å². The number of fused-ring (bicyclic) bond motifs is 3. The van der Waals surface area contributed by atoms with Gasteiger partial charge in [0.25, 0.3) is 0 Å². The van der Waals surface area contributed by atoms with E-state index in [1.165, 1.54) is 0 Å². The molecular weight excluding hydrogens is 529 g/mol. The lowest BCUT2D eigenvalue weighted by atomic mass is 9.76. The van der Waals surface area contributed by atoms with Crippen molar-refractivity contribution in [1.29, 1.82) is 0 Å². The number of nitrogens with zero attached hydrogens (tertiary/aromatic N) is 5. The molecule has 0 fully saturated rings. The normalized spacial score (nSPS) is 11.6. The third kappa shape index (κ3) is 3.84. The minimum absolute atomic E-state index is 0.00145. The Labute approximate surface area is 239 Å². The Morgan fingerprint density at radius 2 is 1.33 bits per heavy atom. The standard InChI is InChI=1S/C34H22FN5O2/c35-26-20-28(32(37-21-26)40(41)42)30-17-16-27-29-22-36-19-18-31(29)39(33(27)38-30)34(23-10-4-1-5-11-23,24-12-6-2-7-13-24)25-14-8-3-9-15-25/h1-22H. The van der Waals surface area contributed by atoms with Crippen LogP contribution in [0.4, 0.5) is 10.2 Å². The van der Waals surface area contributed by atoms with Gasteiger partial charge in [-0.1, -0.05) is 91.0 Å². The summed E-state index contributed by atoms with van der Waals surface area (Å²) in [5.74, 6) is -1.15. The summed E-state index contributed by atoms with van der Waals surface area (Å²) in [6.45, 7) is 0. The van der Waals surface area contributed by atoms with E-state index in [1.54, 1.807) is 18.5 Å². The minimum atomic E-state index is -0.914. The molecule has 7 nitrogen and oxygen atoms in total. The monoisotopic (exact) mass is 551 g/mol. The molecule has 0 unspecified atom stereocenters. The number of halogens is 1. The van der Waals surface area contributed by atoms with Crippen LogP contribution >= 0.6 is 0 Å². The fraction of sp³-hybridized carbons (Fsp3) is 0.0294. The Balaban J connectivity index is 1.69. The quantitative estimate of drug-likeness (QED) is 0.121. The van der Waals surface area contributed by atoms with Crippen molar-refractivity contribution < 1.29 is 9.31 Å². The van der Waals surface area contributed by atoms with Crippen LogP contribution in [0, 0.1) is 15.9 Å². The summed E-state index contributed by atoms with van der Waals surface area (Å²) in [5, 5.41) is 13.5. The Hall–Kier alpha value is -5.76. The summed E-state index contributed by atoms with van der Waals surface area (Å²) < 4.78 is 16.6. The highest BCUT2D eigenvalue weighted by atomic mass is 19.1. The highest BCUT2D eigenvalue weighted by Gasteiger charge is 2.41. The van der Waals surface area contributed by atoms with Gasteiger partial charge < -0.3 is 14.7 Å². The first-order valence-corrected chi connectivity index (χ1v) is 13.3. The molecule has 0 amide bonds. The number of hydrogen-bond donors (Lipinski definition) is 0. The van der Waals surface area contributed by atoms with Crippen LogP contribution in [0.5, 0.6) is 0 Å². The number of rotatable bonds is 6. The molecule has 4 aromatic heterocycles. The van der Waals surface area contributed by atoms with E-state index in [0.717, 1.165) is 45.2 Å². The molecule has 42 heavy (non-hydrogen) atoms. The highest BCUT2D eigenvalue weighted by molar-refractivity contribution is 6.07. The molecule has 0 saturated heterocycles. The smallest absolute Gasteiger partial charge is 0.358 e. The van der Waals surface area contributed by atoms with E-state index in [9.17, 15) is 14.5 Å². The molecule has 7 aromatic rings. The maximum atomic E-state index is 14.4. The zero-order chi connectivity index (χ0) is 28.7. The molecule has 4 heterocycles. The van der Waals surface area contributed by atoms with E-state index >= 15 is 0 Å². The van der Waals surface area contributed by atoms with Gasteiger partial charge in [-0.05, 0) is 50.9 Å². The third-order valence-electron chi connectivity index (χ3n) is 7.61. The zero-order valence-electron chi connectivity index (χ0n) is 22.1. The van der Waals surface area contributed by atoms with Gasteiger partial charge in [0.2, 0.25) is 0 Å². The van der Waals surface area contributed by atoms with Gasteiger partial charge in [-0.25, -0.2) is 9.37 Å². The lowest BCUT2D eigenvalue weighted by Gasteiger charge is -2.38. The molecule has 202 valence electrons. The lowest BCUT2D eigenvalue weighted by molar-refractivity contribution is -0.388. The highest BCUT2D eigenvalue weighted by Crippen LogP contribution is 2.46. The Bertz CT molecular complexity index is 1980. The summed E-state index contributed by atoms with van der Waals surface area (Å²) in [6.07, 6.45) is 4.38. The Morgan fingerprint density at radius 3 is 1.90 bits per heavy atom. The van der Waals surface area contributed by atoms with E-state index in [0.29, 0.717) is 5.65 Å². The first kappa shape index (κ1) is 25.2. The first-order valence-electron chi connectivity index (χ1n) is 13.3. The second kappa shape index (κ2) is 10.0. The molecule has 0 N–H and O–H groups in total. The van der Waals surface area contributed by atoms with Crippen molar-refractivity contribution in [2.75, 3.05) is 0 Å². The van der Waals surface area contributed by atoms with Gasteiger partial charge in [-0.3, -0.25) is 4.98 Å². The van der Waals surface area contributed by atoms with Gasteiger partial charge in [0.05, 0.1) is 11.2 Å². The molecule has 7 rings (SSSR count).